The summed E-state index contributed by atoms with van der Waals surface area (Å²) in [7, 11) is 0. The van der Waals surface area contributed by atoms with Gasteiger partial charge in [0.1, 0.15) is 0 Å². The SMILES string of the molecule is [Cd].[Ce].[In].[Nd].[Sn]. The van der Waals surface area contributed by atoms with Crippen LogP contribution in [-0.2, 0) is 27.3 Å². The summed E-state index contributed by atoms with van der Waals surface area (Å²) in [6, 6.07) is 0. The molecule has 7 radical (unpaired) electrons. The second kappa shape index (κ2) is 22.8. The third-order valence-corrected chi connectivity index (χ3v) is 0. The predicted octanol–water partition coefficient (Wildman–Crippen LogP) is -0.764. The van der Waals surface area contributed by atoms with Crippen molar-refractivity contribution in [2.75, 3.05) is 0 Å². The van der Waals surface area contributed by atoms with Crippen molar-refractivity contribution in [3.63, 3.8) is 0 Å². The molecule has 0 aliphatic rings. The van der Waals surface area contributed by atoms with Crippen LogP contribution in [0, 0.1) is 82.6 Å². The quantitative estimate of drug-likeness (QED) is 0.309. The van der Waals surface area contributed by atoms with Crippen LogP contribution in [0.2, 0.25) is 0 Å². The maximum Gasteiger partial charge on any atom is 0 e. The molecule has 5 heavy (non-hydrogen) atoms. The number of rotatable bonds is 0. The van der Waals surface area contributed by atoms with Crippen LogP contribution in [0.15, 0.2) is 0 Å². The Kier molecular flexibility index (Phi) is 144. The van der Waals surface area contributed by atoms with E-state index < -0.39 is 0 Å². The molecule has 0 aliphatic heterocycles. The molecule has 0 atom stereocenters. The average molecular weight is 630 g/mol. The van der Waals surface area contributed by atoms with Gasteiger partial charge in [-0.25, -0.2) is 0 Å². The molecule has 0 bridgehead atoms. The van der Waals surface area contributed by atoms with E-state index in [1.165, 1.54) is 0 Å². The molecule has 0 aromatic heterocycles. The van der Waals surface area contributed by atoms with E-state index >= 15 is 0 Å². The van der Waals surface area contributed by atoms with Gasteiger partial charge < -0.3 is 0 Å². The smallest absolute Gasteiger partial charge is 0 e. The van der Waals surface area contributed by atoms with E-state index in [0.717, 1.165) is 0 Å². The molecule has 0 saturated heterocycles. The third-order valence-electron chi connectivity index (χ3n) is 0. The van der Waals surface area contributed by atoms with Crippen LogP contribution in [0.5, 0.6) is 0 Å². The Morgan fingerprint density at radius 1 is 1.00 bits per heavy atom. The van der Waals surface area contributed by atoms with Crippen LogP contribution < -0.4 is 0 Å². The molecule has 0 spiro atoms. The van der Waals surface area contributed by atoms with Crippen LogP contribution in [0.4, 0.5) is 0 Å². The van der Waals surface area contributed by atoms with Crippen molar-refractivity contribution in [1.29, 1.82) is 0 Å². The normalized spacial score (nSPS) is 0. The van der Waals surface area contributed by atoms with Gasteiger partial charge >= 0.3 is 0 Å². The van der Waals surface area contributed by atoms with Gasteiger partial charge in [-0.3, -0.25) is 0 Å². The van der Waals surface area contributed by atoms with Gasteiger partial charge in [0, 0.05) is 160 Å². The summed E-state index contributed by atoms with van der Waals surface area (Å²) >= 11 is 0. The van der Waals surface area contributed by atoms with Gasteiger partial charge in [0.05, 0.1) is 0 Å². The van der Waals surface area contributed by atoms with Gasteiger partial charge in [0.2, 0.25) is 0 Å². The van der Waals surface area contributed by atoms with Crippen LogP contribution in [0.1, 0.15) is 0 Å². The predicted molar refractivity (Wildman–Crippen MR) is 11.5 cm³/mol. The van der Waals surface area contributed by atoms with E-state index in [9.17, 15) is 0 Å². The van der Waals surface area contributed by atoms with Gasteiger partial charge in [0.25, 0.3) is 0 Å². The molecule has 0 aromatic rings. The molecule has 0 nitrogen and oxygen atoms in total. The molecule has 5 heteroatoms. The Labute approximate surface area is 155 Å². The summed E-state index contributed by atoms with van der Waals surface area (Å²) in [5.74, 6) is 0. The second-order valence-corrected chi connectivity index (χ2v) is 0. The molecule has 0 unspecified atom stereocenters. The molecule has 0 fully saturated rings. The Bertz CT molecular complexity index is 11.6. The van der Waals surface area contributed by atoms with Gasteiger partial charge in [-0.15, -0.1) is 0 Å². The van der Waals surface area contributed by atoms with Crippen molar-refractivity contribution in [3.8, 4) is 0 Å². The molecule has 0 N–H and O–H groups in total. The summed E-state index contributed by atoms with van der Waals surface area (Å²) in [6.07, 6.45) is 0. The maximum atomic E-state index is 0. The summed E-state index contributed by atoms with van der Waals surface area (Å²) in [5.41, 5.74) is 0. The zero-order valence-electron chi connectivity index (χ0n) is 2.78. The standard InChI is InChI=1S/Cd.Ce.In.Nd.Sn. The first-order valence-corrected chi connectivity index (χ1v) is 0. The summed E-state index contributed by atoms with van der Waals surface area (Å²) in [5, 5.41) is 0. The van der Waals surface area contributed by atoms with Crippen molar-refractivity contribution in [2.45, 2.75) is 0 Å². The van der Waals surface area contributed by atoms with Gasteiger partial charge in [-0.05, 0) is 0 Å². The topological polar surface area (TPSA) is 0 Å². The molecule has 0 aromatic carbocycles. The third kappa shape index (κ3) is 17.6. The molecule has 0 rings (SSSR count). The molecule has 17 valence electrons. The first-order valence-electron chi connectivity index (χ1n) is 0. The maximum absolute atomic E-state index is 0. The van der Waals surface area contributed by atoms with Gasteiger partial charge in [0.15, 0.2) is 0 Å². The van der Waals surface area contributed by atoms with E-state index in [1.807, 2.05) is 0 Å². The van der Waals surface area contributed by atoms with E-state index in [1.54, 1.807) is 0 Å². The minimum absolute atomic E-state index is 0. The van der Waals surface area contributed by atoms with Crippen molar-refractivity contribution >= 4 is 49.8 Å². The molecule has 0 amide bonds. The minimum Gasteiger partial charge on any atom is 0 e. The van der Waals surface area contributed by atoms with Crippen molar-refractivity contribution < 1.29 is 110 Å². The van der Waals surface area contributed by atoms with Crippen LogP contribution in [0.3, 0.4) is 0 Å². The molecular weight excluding hydrogens is 630 g/mol. The second-order valence-electron chi connectivity index (χ2n) is 0. The van der Waals surface area contributed by atoms with Crippen molar-refractivity contribution in [1.82, 2.24) is 0 Å². The Morgan fingerprint density at radius 2 is 1.00 bits per heavy atom. The Balaban J connectivity index is 0. The average Bonchev–Trinajstić information content (AvgIpc) is 0. The fourth-order valence-corrected chi connectivity index (χ4v) is 0. The monoisotopic (exact) mass is 631 g/mol. The van der Waals surface area contributed by atoms with Gasteiger partial charge in [-0.1, -0.05) is 0 Å². The summed E-state index contributed by atoms with van der Waals surface area (Å²) < 4.78 is 0. The van der Waals surface area contributed by atoms with Crippen LogP contribution in [-0.4, -0.2) is 49.8 Å². The van der Waals surface area contributed by atoms with E-state index in [4.69, 9.17) is 0 Å². The fraction of sp³-hybridized carbons (Fsp3) is 0. The van der Waals surface area contributed by atoms with Crippen molar-refractivity contribution in [3.05, 3.63) is 0 Å². The number of hydrogen-bond acceptors (Lipinski definition) is 0. The van der Waals surface area contributed by atoms with Crippen molar-refractivity contribution in [2.24, 2.45) is 0 Å². The Morgan fingerprint density at radius 3 is 1.00 bits per heavy atom. The minimum atomic E-state index is 0. The summed E-state index contributed by atoms with van der Waals surface area (Å²) in [4.78, 5) is 0. The molecular formula is CdCeInNdSn. The summed E-state index contributed by atoms with van der Waals surface area (Å²) in [6.45, 7) is 0. The first kappa shape index (κ1) is 31.7. The van der Waals surface area contributed by atoms with E-state index in [2.05, 4.69) is 0 Å². The van der Waals surface area contributed by atoms with E-state index in [0.29, 0.717) is 0 Å². The zero-order valence-corrected chi connectivity index (χ0v) is 19.3. The fourth-order valence-electron chi connectivity index (χ4n) is 0. The molecule has 0 saturated carbocycles. The molecule has 0 aliphatic carbocycles. The van der Waals surface area contributed by atoms with E-state index in [-0.39, 0.29) is 160 Å². The van der Waals surface area contributed by atoms with Crippen LogP contribution >= 0.6 is 0 Å². The number of hydrogen-bond donors (Lipinski definition) is 0. The first-order chi connectivity index (χ1) is 0. The van der Waals surface area contributed by atoms with Gasteiger partial charge in [-0.2, -0.15) is 0 Å². The van der Waals surface area contributed by atoms with Crippen LogP contribution in [0.25, 0.3) is 0 Å². The molecule has 0 heterocycles. The largest absolute Gasteiger partial charge is 0 e. The zero-order chi connectivity index (χ0) is 0. The Hall–Kier alpha value is 5.32.